The SMILES string of the molecule is CN1CCN(C(=O)c2cc(F)c(F)cc2[N+](=O)[O-])CC1=O. The van der Waals surface area contributed by atoms with Crippen LogP contribution in [0.25, 0.3) is 0 Å². The lowest BCUT2D eigenvalue weighted by molar-refractivity contribution is -0.385. The van der Waals surface area contributed by atoms with E-state index in [1.54, 1.807) is 7.05 Å². The molecule has 0 saturated carbocycles. The molecular weight excluding hydrogens is 288 g/mol. The summed E-state index contributed by atoms with van der Waals surface area (Å²) in [6.07, 6.45) is 0. The van der Waals surface area contributed by atoms with Crippen LogP contribution < -0.4 is 0 Å². The van der Waals surface area contributed by atoms with Gasteiger partial charge in [0.05, 0.1) is 11.0 Å². The Hall–Kier alpha value is -2.58. The van der Waals surface area contributed by atoms with E-state index in [9.17, 15) is 28.5 Å². The number of piperazine rings is 1. The van der Waals surface area contributed by atoms with E-state index in [1.807, 2.05) is 0 Å². The molecule has 1 heterocycles. The van der Waals surface area contributed by atoms with E-state index >= 15 is 0 Å². The Balaban J connectivity index is 2.37. The highest BCUT2D eigenvalue weighted by atomic mass is 19.2. The van der Waals surface area contributed by atoms with Crippen LogP contribution in [0.15, 0.2) is 12.1 Å². The van der Waals surface area contributed by atoms with E-state index < -0.39 is 33.7 Å². The van der Waals surface area contributed by atoms with Crippen LogP contribution in [0.5, 0.6) is 0 Å². The lowest BCUT2D eigenvalue weighted by atomic mass is 10.1. The summed E-state index contributed by atoms with van der Waals surface area (Å²) in [6, 6.07) is 0.846. The van der Waals surface area contributed by atoms with Crippen LogP contribution in [0, 0.1) is 21.7 Å². The first-order valence-corrected chi connectivity index (χ1v) is 5.98. The van der Waals surface area contributed by atoms with Gasteiger partial charge in [-0.15, -0.1) is 0 Å². The van der Waals surface area contributed by atoms with Crippen molar-refractivity contribution in [1.82, 2.24) is 9.80 Å². The largest absolute Gasteiger partial charge is 0.342 e. The van der Waals surface area contributed by atoms with E-state index in [4.69, 9.17) is 0 Å². The van der Waals surface area contributed by atoms with E-state index in [1.165, 1.54) is 4.90 Å². The van der Waals surface area contributed by atoms with Gasteiger partial charge in [-0.25, -0.2) is 8.78 Å². The number of benzene rings is 1. The molecule has 21 heavy (non-hydrogen) atoms. The fourth-order valence-electron chi connectivity index (χ4n) is 1.96. The van der Waals surface area contributed by atoms with Crippen molar-refractivity contribution in [2.24, 2.45) is 0 Å². The van der Waals surface area contributed by atoms with Crippen molar-refractivity contribution in [3.05, 3.63) is 39.4 Å². The summed E-state index contributed by atoms with van der Waals surface area (Å²) in [5.74, 6) is -3.97. The monoisotopic (exact) mass is 299 g/mol. The molecule has 2 rings (SSSR count). The maximum absolute atomic E-state index is 13.2. The zero-order valence-electron chi connectivity index (χ0n) is 11.0. The molecule has 0 radical (unpaired) electrons. The standard InChI is InChI=1S/C12H11F2N3O4/c1-15-2-3-16(6-11(15)18)12(19)7-4-8(13)9(14)5-10(7)17(20)21/h4-5H,2-3,6H2,1H3. The number of nitrogens with zero attached hydrogens (tertiary/aromatic N) is 3. The van der Waals surface area contributed by atoms with Gasteiger partial charge >= 0.3 is 0 Å². The second-order valence-corrected chi connectivity index (χ2v) is 4.58. The molecule has 7 nitrogen and oxygen atoms in total. The third kappa shape index (κ3) is 2.81. The minimum Gasteiger partial charge on any atom is -0.342 e. The van der Waals surface area contributed by atoms with Gasteiger partial charge in [0.2, 0.25) is 5.91 Å². The summed E-state index contributed by atoms with van der Waals surface area (Å²) in [7, 11) is 1.56. The van der Waals surface area contributed by atoms with E-state index in [0.717, 1.165) is 4.90 Å². The van der Waals surface area contributed by atoms with Crippen LogP contribution in [-0.4, -0.2) is 53.2 Å². The molecule has 0 bridgehead atoms. The number of likely N-dealkylation sites (N-methyl/N-ethyl adjacent to an activating group) is 1. The molecule has 0 aliphatic carbocycles. The molecule has 1 aromatic rings. The minimum absolute atomic E-state index is 0.164. The molecule has 1 fully saturated rings. The topological polar surface area (TPSA) is 83.8 Å². The van der Waals surface area contributed by atoms with Gasteiger partial charge in [0.15, 0.2) is 11.6 Å². The van der Waals surface area contributed by atoms with Crippen molar-refractivity contribution in [2.75, 3.05) is 26.7 Å². The number of nitro benzene ring substituents is 1. The Labute approximate surface area is 117 Å². The van der Waals surface area contributed by atoms with Gasteiger partial charge in [-0.3, -0.25) is 19.7 Å². The van der Waals surface area contributed by atoms with E-state index in [-0.39, 0.29) is 25.5 Å². The predicted molar refractivity (Wildman–Crippen MR) is 66.6 cm³/mol. The highest BCUT2D eigenvalue weighted by Crippen LogP contribution is 2.24. The van der Waals surface area contributed by atoms with Gasteiger partial charge in [0, 0.05) is 20.1 Å². The van der Waals surface area contributed by atoms with Crippen LogP contribution in [0.1, 0.15) is 10.4 Å². The average molecular weight is 299 g/mol. The van der Waals surface area contributed by atoms with E-state index in [2.05, 4.69) is 0 Å². The van der Waals surface area contributed by atoms with Gasteiger partial charge in [0.1, 0.15) is 12.1 Å². The highest BCUT2D eigenvalue weighted by molar-refractivity contribution is 6.00. The van der Waals surface area contributed by atoms with Crippen molar-refractivity contribution in [2.45, 2.75) is 0 Å². The molecule has 0 atom stereocenters. The van der Waals surface area contributed by atoms with Crippen molar-refractivity contribution in [3.8, 4) is 0 Å². The quantitative estimate of drug-likeness (QED) is 0.597. The third-order valence-electron chi connectivity index (χ3n) is 3.21. The van der Waals surface area contributed by atoms with Gasteiger partial charge in [-0.05, 0) is 6.07 Å². The number of carbonyl (C=O) groups excluding carboxylic acids is 2. The zero-order valence-corrected chi connectivity index (χ0v) is 11.0. The number of amides is 2. The van der Waals surface area contributed by atoms with Gasteiger partial charge in [-0.1, -0.05) is 0 Å². The predicted octanol–water partition coefficient (Wildman–Crippen LogP) is 0.787. The molecule has 1 aromatic carbocycles. The van der Waals surface area contributed by atoms with Crippen LogP contribution in [0.2, 0.25) is 0 Å². The van der Waals surface area contributed by atoms with Crippen LogP contribution in [0.4, 0.5) is 14.5 Å². The molecule has 1 aliphatic heterocycles. The molecule has 0 aromatic heterocycles. The van der Waals surface area contributed by atoms with E-state index in [0.29, 0.717) is 12.1 Å². The summed E-state index contributed by atoms with van der Waals surface area (Å²) in [5.41, 5.74) is -1.40. The van der Waals surface area contributed by atoms with Crippen molar-refractivity contribution < 1.29 is 23.3 Å². The average Bonchev–Trinajstić information content (AvgIpc) is 2.43. The molecule has 9 heteroatoms. The maximum Gasteiger partial charge on any atom is 0.285 e. The minimum atomic E-state index is -1.41. The van der Waals surface area contributed by atoms with Crippen molar-refractivity contribution in [3.63, 3.8) is 0 Å². The number of carbonyl (C=O) groups is 2. The normalized spacial score (nSPS) is 15.3. The molecule has 2 amide bonds. The van der Waals surface area contributed by atoms with Crippen molar-refractivity contribution >= 4 is 17.5 Å². The van der Waals surface area contributed by atoms with Gasteiger partial charge in [-0.2, -0.15) is 0 Å². The van der Waals surface area contributed by atoms with Gasteiger partial charge < -0.3 is 9.80 Å². The van der Waals surface area contributed by atoms with Crippen molar-refractivity contribution in [1.29, 1.82) is 0 Å². The molecule has 0 spiro atoms. The summed E-state index contributed by atoms with van der Waals surface area (Å²) >= 11 is 0. The maximum atomic E-state index is 13.2. The smallest absolute Gasteiger partial charge is 0.285 e. The molecule has 112 valence electrons. The molecule has 1 aliphatic rings. The lowest BCUT2D eigenvalue weighted by Crippen LogP contribution is -2.50. The second kappa shape index (κ2) is 5.43. The molecule has 1 saturated heterocycles. The first kappa shape index (κ1) is 14.8. The highest BCUT2D eigenvalue weighted by Gasteiger charge is 2.31. The number of rotatable bonds is 2. The summed E-state index contributed by atoms with van der Waals surface area (Å²) in [4.78, 5) is 36.1. The summed E-state index contributed by atoms with van der Waals surface area (Å²) in [6.45, 7) is 0.171. The number of hydrogen-bond donors (Lipinski definition) is 0. The van der Waals surface area contributed by atoms with Crippen LogP contribution >= 0.6 is 0 Å². The Morgan fingerprint density at radius 1 is 1.29 bits per heavy atom. The first-order chi connectivity index (χ1) is 9.81. The third-order valence-corrected chi connectivity index (χ3v) is 3.21. The summed E-state index contributed by atoms with van der Waals surface area (Å²) in [5, 5.41) is 10.9. The van der Waals surface area contributed by atoms with Crippen LogP contribution in [0.3, 0.4) is 0 Å². The Bertz CT molecular complexity index is 635. The number of nitro groups is 1. The second-order valence-electron chi connectivity index (χ2n) is 4.58. The molecule has 0 unspecified atom stereocenters. The van der Waals surface area contributed by atoms with Gasteiger partial charge in [0.25, 0.3) is 11.6 Å². The lowest BCUT2D eigenvalue weighted by Gasteiger charge is -2.31. The molecule has 0 N–H and O–H groups in total. The fraction of sp³-hybridized carbons (Fsp3) is 0.333. The fourth-order valence-corrected chi connectivity index (χ4v) is 1.96. The molecular formula is C12H11F2N3O4. The number of hydrogen-bond acceptors (Lipinski definition) is 4. The summed E-state index contributed by atoms with van der Waals surface area (Å²) < 4.78 is 26.3. The zero-order chi connectivity index (χ0) is 15.7. The first-order valence-electron chi connectivity index (χ1n) is 5.98. The Kier molecular flexibility index (Phi) is 3.83. The van der Waals surface area contributed by atoms with Crippen LogP contribution in [-0.2, 0) is 4.79 Å². The Morgan fingerprint density at radius 2 is 1.90 bits per heavy atom. The number of halogens is 2. The Morgan fingerprint density at radius 3 is 2.48 bits per heavy atom.